The van der Waals surface area contributed by atoms with E-state index in [0.29, 0.717) is 11.8 Å². The molecule has 65 heavy (non-hydrogen) atoms. The van der Waals surface area contributed by atoms with E-state index in [9.17, 15) is 0 Å². The lowest BCUT2D eigenvalue weighted by Crippen LogP contribution is -2.31. The van der Waals surface area contributed by atoms with E-state index in [4.69, 9.17) is 17.5 Å². The van der Waals surface area contributed by atoms with Crippen LogP contribution in [0.4, 0.5) is 0 Å². The molecule has 0 saturated carbocycles. The number of aromatic nitrogens is 4. The predicted octanol–water partition coefficient (Wildman–Crippen LogP) is 19.5. The Morgan fingerprint density at radius 2 is 0.846 bits per heavy atom. The predicted molar refractivity (Wildman–Crippen MR) is 290 cm³/mol. The second-order valence-corrected chi connectivity index (χ2v) is 24.8. The molecule has 0 radical (unpaired) electrons. The van der Waals surface area contributed by atoms with Gasteiger partial charge in [-0.25, -0.2) is 0 Å². The summed E-state index contributed by atoms with van der Waals surface area (Å²) in [7, 11) is 0. The highest BCUT2D eigenvalue weighted by atomic mass is 32.1. The first-order valence-corrected chi connectivity index (χ1v) is 29.6. The van der Waals surface area contributed by atoms with Crippen molar-refractivity contribution in [3.63, 3.8) is 0 Å². The fraction of sp³-hybridized carbons (Fsp3) is 0.321. The molecule has 11 rings (SSSR count). The van der Waals surface area contributed by atoms with Crippen LogP contribution >= 0.6 is 91.5 Å². The monoisotopic (exact) mass is 998 g/mol. The first-order chi connectivity index (χ1) is 32.0. The Labute approximate surface area is 414 Å². The maximum Gasteiger partial charge on any atom is 0.114 e. The molecular weight excluding hydrogens is 949 g/mol. The summed E-state index contributed by atoms with van der Waals surface area (Å²) in [6.45, 7) is 9.57. The quantitative estimate of drug-likeness (QED) is 0.0859. The third-order valence-corrected chi connectivity index (χ3v) is 21.6. The van der Waals surface area contributed by atoms with Crippen molar-refractivity contribution in [3.8, 4) is 71.0 Å². The van der Waals surface area contributed by atoms with Gasteiger partial charge in [-0.05, 0) is 95.1 Å². The van der Waals surface area contributed by atoms with Gasteiger partial charge in [-0.15, -0.1) is 68.0 Å². The maximum atomic E-state index is 5.04. The van der Waals surface area contributed by atoms with Crippen LogP contribution < -0.4 is 0 Å². The second-order valence-electron chi connectivity index (χ2n) is 17.6. The topological polar surface area (TPSA) is 51.6 Å². The second kappa shape index (κ2) is 18.8. The van der Waals surface area contributed by atoms with Gasteiger partial charge >= 0.3 is 0 Å². The van der Waals surface area contributed by atoms with Gasteiger partial charge in [0.1, 0.15) is 22.1 Å². The van der Waals surface area contributed by atoms with E-state index in [0.717, 1.165) is 22.1 Å². The Kier molecular flexibility index (Phi) is 12.6. The molecular formula is C53H50N4S8. The van der Waals surface area contributed by atoms with Crippen LogP contribution in [-0.2, 0) is 5.41 Å². The molecule has 0 saturated heterocycles. The van der Waals surface area contributed by atoms with Crippen molar-refractivity contribution in [1.29, 1.82) is 0 Å². The average molecular weight is 1000 g/mol. The smallest absolute Gasteiger partial charge is 0.114 e. The summed E-state index contributed by atoms with van der Waals surface area (Å²) in [6, 6.07) is 32.2. The van der Waals surface area contributed by atoms with Crippen LogP contribution in [0.5, 0.6) is 0 Å². The van der Waals surface area contributed by atoms with Crippen LogP contribution in [0.25, 0.3) is 93.1 Å². The van der Waals surface area contributed by atoms with E-state index in [1.54, 1.807) is 33.8 Å². The molecule has 0 bridgehead atoms. The van der Waals surface area contributed by atoms with E-state index < -0.39 is 0 Å². The van der Waals surface area contributed by atoms with Crippen LogP contribution in [0, 0.1) is 11.8 Å². The zero-order valence-electron chi connectivity index (χ0n) is 37.0. The standard InChI is InChI=1S/C53H50N4S8/c1-5-9-13-31(7-3)29-53(30-32(8-4)14-10-6-2)37-27-45(35-19-17-33(47-49(35)56-64-54-47)39-21-23-43(60-39)41-15-11-25-58-41)62-51(37)52-38(53)28-46(63-52)36-20-18-34(48-50(36)57-65-55-48)40-22-24-44(61-40)42-16-12-26-59-42/h11-12,15-28,31-32H,5-10,13-14,29-30H2,1-4H3. The van der Waals surface area contributed by atoms with Gasteiger partial charge in [0.2, 0.25) is 0 Å². The zero-order valence-corrected chi connectivity index (χ0v) is 43.6. The fourth-order valence-corrected chi connectivity index (χ4v) is 17.8. The van der Waals surface area contributed by atoms with Crippen molar-refractivity contribution in [2.45, 2.75) is 97.3 Å². The summed E-state index contributed by atoms with van der Waals surface area (Å²) in [4.78, 5) is 13.3. The molecule has 1 aliphatic carbocycles. The molecule has 8 heterocycles. The van der Waals surface area contributed by atoms with Crippen molar-refractivity contribution in [2.75, 3.05) is 0 Å². The lowest BCUT2D eigenvalue weighted by atomic mass is 9.65. The van der Waals surface area contributed by atoms with E-state index >= 15 is 0 Å². The molecule has 12 heteroatoms. The zero-order chi connectivity index (χ0) is 44.1. The van der Waals surface area contributed by atoms with Crippen LogP contribution in [-0.4, -0.2) is 17.5 Å². The number of nitrogens with zero attached hydrogens (tertiary/aromatic N) is 4. The Balaban J connectivity index is 1.05. The molecule has 4 nitrogen and oxygen atoms in total. The highest BCUT2D eigenvalue weighted by Crippen LogP contribution is 2.63. The van der Waals surface area contributed by atoms with E-state index in [1.165, 1.54) is 159 Å². The Bertz CT molecular complexity index is 2990. The van der Waals surface area contributed by atoms with Gasteiger partial charge in [-0.2, -0.15) is 17.5 Å². The summed E-state index contributed by atoms with van der Waals surface area (Å²) < 4.78 is 20.0. The molecule has 0 N–H and O–H groups in total. The number of thiophene rings is 6. The van der Waals surface area contributed by atoms with Crippen molar-refractivity contribution >= 4 is 114 Å². The lowest BCUT2D eigenvalue weighted by molar-refractivity contribution is 0.266. The Hall–Kier alpha value is -3.72. The molecule has 2 unspecified atom stereocenters. The van der Waals surface area contributed by atoms with E-state index in [-0.39, 0.29) is 5.41 Å². The normalized spacial score (nSPS) is 14.2. The minimum Gasteiger partial charge on any atom is -0.172 e. The van der Waals surface area contributed by atoms with Gasteiger partial charge < -0.3 is 0 Å². The lowest BCUT2D eigenvalue weighted by Gasteiger charge is -2.37. The van der Waals surface area contributed by atoms with Crippen molar-refractivity contribution in [1.82, 2.24) is 17.5 Å². The number of hydrogen-bond acceptors (Lipinski definition) is 12. The van der Waals surface area contributed by atoms with Crippen molar-refractivity contribution in [2.24, 2.45) is 11.8 Å². The van der Waals surface area contributed by atoms with Gasteiger partial charge in [-0.1, -0.05) is 115 Å². The van der Waals surface area contributed by atoms with Gasteiger partial charge in [-0.3, -0.25) is 0 Å². The minimum absolute atomic E-state index is 0.0694. The van der Waals surface area contributed by atoms with E-state index in [2.05, 4.69) is 123 Å². The van der Waals surface area contributed by atoms with Crippen molar-refractivity contribution in [3.05, 3.63) is 107 Å². The van der Waals surface area contributed by atoms with Gasteiger partial charge in [0, 0.05) is 76.4 Å². The summed E-state index contributed by atoms with van der Waals surface area (Å²) in [5.74, 6) is 1.31. The summed E-state index contributed by atoms with van der Waals surface area (Å²) in [6.07, 6.45) is 12.4. The van der Waals surface area contributed by atoms with Gasteiger partial charge in [0.15, 0.2) is 0 Å². The van der Waals surface area contributed by atoms with Gasteiger partial charge in [0.25, 0.3) is 0 Å². The van der Waals surface area contributed by atoms with Crippen LogP contribution in [0.1, 0.15) is 103 Å². The molecule has 1 aliphatic rings. The molecule has 2 atom stereocenters. The Morgan fingerprint density at radius 3 is 1.22 bits per heavy atom. The average Bonchev–Trinajstić information content (AvgIpc) is 4.16. The highest BCUT2D eigenvalue weighted by molar-refractivity contribution is 7.26. The van der Waals surface area contributed by atoms with Gasteiger partial charge in [0.05, 0.1) is 23.5 Å². The largest absolute Gasteiger partial charge is 0.172 e. The van der Waals surface area contributed by atoms with E-state index in [1.807, 2.05) is 45.3 Å². The van der Waals surface area contributed by atoms with Crippen LogP contribution in [0.3, 0.4) is 0 Å². The van der Waals surface area contributed by atoms with Crippen LogP contribution in [0.15, 0.2) is 95.7 Å². The number of hydrogen-bond donors (Lipinski definition) is 0. The fourth-order valence-electron chi connectivity index (χ4n) is 10.2. The molecule has 8 aromatic heterocycles. The molecule has 0 amide bonds. The number of unbranched alkanes of at least 4 members (excludes halogenated alkanes) is 2. The molecule has 2 aromatic carbocycles. The first kappa shape index (κ1) is 43.8. The molecule has 0 fully saturated rings. The SMILES string of the molecule is CCCCC(CC)CC1(CC(CC)CCCC)c2cc(-c3ccc(-c4ccc(-c5cccs5)s4)c4nsnc34)sc2-c2sc(-c3ccc(-c4ccc(-c5cccs5)s4)c4nsnc34)cc21. The Morgan fingerprint density at radius 1 is 0.446 bits per heavy atom. The van der Waals surface area contributed by atoms with Crippen molar-refractivity contribution < 1.29 is 0 Å². The third-order valence-electron chi connectivity index (χ3n) is 13.7. The third kappa shape index (κ3) is 7.97. The number of fused-ring (bicyclic) bond motifs is 5. The molecule has 10 aromatic rings. The number of benzene rings is 2. The summed E-state index contributed by atoms with van der Waals surface area (Å²) >= 11 is 13.9. The molecule has 0 spiro atoms. The van der Waals surface area contributed by atoms with Crippen LogP contribution in [0.2, 0.25) is 0 Å². The highest BCUT2D eigenvalue weighted by Gasteiger charge is 2.48. The molecule has 330 valence electrons. The maximum absolute atomic E-state index is 5.04. The minimum atomic E-state index is -0.0694. The number of rotatable bonds is 18. The summed E-state index contributed by atoms with van der Waals surface area (Å²) in [5, 5.41) is 4.31. The summed E-state index contributed by atoms with van der Waals surface area (Å²) in [5.41, 5.74) is 11.9. The first-order valence-electron chi connectivity index (χ1n) is 23.1. The molecule has 0 aliphatic heterocycles.